The summed E-state index contributed by atoms with van der Waals surface area (Å²) in [6.45, 7) is 6.40. The maximum atomic E-state index is 12.6. The molecule has 10 rings (SSSR count). The summed E-state index contributed by atoms with van der Waals surface area (Å²) in [7, 11) is 4.50. The number of ketones is 2. The number of hydrogen-bond acceptors (Lipinski definition) is 14. The summed E-state index contributed by atoms with van der Waals surface area (Å²) in [4.78, 5) is 69.3. The normalized spacial score (nSPS) is 32.1. The number of piperidine rings is 2. The fourth-order valence-corrected chi connectivity index (χ4v) is 11.9. The first-order chi connectivity index (χ1) is 29.2. The van der Waals surface area contributed by atoms with Gasteiger partial charge in [-0.25, -0.2) is 19.2 Å². The second-order valence-corrected chi connectivity index (χ2v) is 17.9. The molecule has 0 aromatic heterocycles. The van der Waals surface area contributed by atoms with Crippen LogP contribution in [0.2, 0.25) is 0 Å². The van der Waals surface area contributed by atoms with Crippen molar-refractivity contribution in [2.24, 2.45) is 11.8 Å². The number of likely N-dealkylation sites (tertiary alicyclic amines) is 2. The third kappa shape index (κ3) is 7.04. The SMILES string of the molecule is Cc1ccc2c3c1OC1C(=O)CCC4[C@@H](C2)N(C)CC[C@]314.Cc1ccc2c3c1OC1C(=O)CCC4[C@@H](C2)N(C)CC[C@]314.O=C(O)[C@H](O)[C@@H](O)C(=O)O.O=C(O)[C@H](O)[C@@H](O)C(=O)O. The maximum Gasteiger partial charge on any atom is 0.335 e. The summed E-state index contributed by atoms with van der Waals surface area (Å²) >= 11 is 0. The number of carboxylic acid groups (broad SMARTS) is 4. The highest BCUT2D eigenvalue weighted by Gasteiger charge is 2.66. The Balaban J connectivity index is 0.000000133. The van der Waals surface area contributed by atoms with Gasteiger partial charge in [0.1, 0.15) is 11.5 Å². The zero-order valence-electron chi connectivity index (χ0n) is 34.9. The summed E-state index contributed by atoms with van der Waals surface area (Å²) in [6, 6.07) is 10.1. The van der Waals surface area contributed by atoms with Gasteiger partial charge >= 0.3 is 23.9 Å². The number of carboxylic acids is 4. The van der Waals surface area contributed by atoms with Crippen molar-refractivity contribution < 1.29 is 79.1 Å². The molecule has 2 saturated carbocycles. The molecule has 18 nitrogen and oxygen atoms in total. The second-order valence-electron chi connectivity index (χ2n) is 17.9. The standard InChI is InChI=1S/2C18H21NO2.2C4H6O6/c2*1-10-3-4-11-9-13-12-5-6-14(20)17-18(12,7-8-19(13)2)15(11)16(10)21-17;2*5-1(3(7)8)2(6)4(9)10/h2*3-4,12-13,17H,5-9H2,1-2H3;2*1-2,5-6H,(H,7,8)(H,9,10)/t2*12?,13-,17?,18+;2*1-,2-/m1111/s1. The van der Waals surface area contributed by atoms with Crippen LogP contribution in [0.1, 0.15) is 71.9 Å². The molecule has 336 valence electrons. The van der Waals surface area contributed by atoms with Crippen molar-refractivity contribution in [3.63, 3.8) is 0 Å². The van der Waals surface area contributed by atoms with Crippen molar-refractivity contribution in [1.82, 2.24) is 9.80 Å². The van der Waals surface area contributed by atoms with Crippen molar-refractivity contribution in [3.05, 3.63) is 57.6 Å². The summed E-state index contributed by atoms with van der Waals surface area (Å²) in [5.74, 6) is -3.14. The quantitative estimate of drug-likeness (QED) is 0.193. The summed E-state index contributed by atoms with van der Waals surface area (Å²) in [5, 5.41) is 65.1. The minimum Gasteiger partial charge on any atom is -0.481 e. The van der Waals surface area contributed by atoms with E-state index in [9.17, 15) is 28.8 Å². The molecule has 0 amide bonds. The largest absolute Gasteiger partial charge is 0.481 e. The second kappa shape index (κ2) is 16.6. The lowest BCUT2D eigenvalue weighted by atomic mass is 9.51. The number of aliphatic hydroxyl groups excluding tert-OH is 4. The van der Waals surface area contributed by atoms with Crippen molar-refractivity contribution >= 4 is 35.4 Å². The van der Waals surface area contributed by atoms with Crippen LogP contribution >= 0.6 is 0 Å². The smallest absolute Gasteiger partial charge is 0.335 e. The number of aryl methyl sites for hydroxylation is 2. The van der Waals surface area contributed by atoms with E-state index in [0.717, 1.165) is 63.1 Å². The summed E-state index contributed by atoms with van der Waals surface area (Å²) in [5.41, 5.74) is 8.05. The lowest BCUT2D eigenvalue weighted by molar-refractivity contribution is -0.165. The molecule has 4 bridgehead atoms. The summed E-state index contributed by atoms with van der Waals surface area (Å²) < 4.78 is 12.6. The number of carbonyl (C=O) groups is 6. The third-order valence-electron chi connectivity index (χ3n) is 14.8. The zero-order chi connectivity index (χ0) is 45.3. The Labute approximate surface area is 356 Å². The highest BCUT2D eigenvalue weighted by atomic mass is 16.5. The number of likely N-dealkylation sites (N-methyl/N-ethyl adjacent to an activating group) is 2. The molecule has 4 unspecified atom stereocenters. The molecule has 2 aromatic carbocycles. The minimum atomic E-state index is -2.27. The number of aliphatic hydroxyl groups is 4. The van der Waals surface area contributed by atoms with Crippen molar-refractivity contribution in [2.45, 2.75) is 125 Å². The van der Waals surface area contributed by atoms with Crippen LogP contribution in [-0.2, 0) is 52.4 Å². The fraction of sp³-hybridized carbons (Fsp3) is 0.591. The van der Waals surface area contributed by atoms with Gasteiger partial charge in [0.2, 0.25) is 0 Å². The van der Waals surface area contributed by atoms with Gasteiger partial charge < -0.3 is 60.1 Å². The van der Waals surface area contributed by atoms with E-state index < -0.39 is 48.3 Å². The van der Waals surface area contributed by atoms with Crippen LogP contribution in [0.25, 0.3) is 0 Å². The Morgan fingerprint density at radius 3 is 1.23 bits per heavy atom. The molecule has 2 aromatic rings. The van der Waals surface area contributed by atoms with Gasteiger partial charge in [0.25, 0.3) is 0 Å². The number of hydrogen-bond donors (Lipinski definition) is 8. The van der Waals surface area contributed by atoms with Gasteiger partial charge in [0.05, 0.1) is 0 Å². The number of rotatable bonds is 6. The Hall–Kier alpha value is -4.98. The third-order valence-corrected chi connectivity index (χ3v) is 14.8. The highest BCUT2D eigenvalue weighted by molar-refractivity contribution is 5.90. The number of Topliss-reactive ketones (excluding diaryl/α,β-unsaturated/α-hetero) is 2. The average molecular weight is 867 g/mol. The van der Waals surface area contributed by atoms with Crippen LogP contribution < -0.4 is 9.47 Å². The lowest BCUT2D eigenvalue weighted by Crippen LogP contribution is -2.65. The number of benzene rings is 2. The molecule has 4 aliphatic carbocycles. The van der Waals surface area contributed by atoms with Gasteiger partial charge in [-0.3, -0.25) is 9.59 Å². The highest BCUT2D eigenvalue weighted by Crippen LogP contribution is 2.63. The molecule has 18 heteroatoms. The van der Waals surface area contributed by atoms with E-state index in [4.69, 9.17) is 50.3 Å². The Morgan fingerprint density at radius 2 is 0.919 bits per heavy atom. The number of nitrogens with zero attached hydrogens (tertiary/aromatic N) is 2. The average Bonchev–Trinajstić information content (AvgIpc) is 3.78. The topological polar surface area (TPSA) is 289 Å². The van der Waals surface area contributed by atoms with Crippen LogP contribution in [0.15, 0.2) is 24.3 Å². The van der Waals surface area contributed by atoms with E-state index in [0.29, 0.717) is 48.3 Å². The molecule has 12 atom stereocenters. The van der Waals surface area contributed by atoms with Gasteiger partial charge in [-0.05, 0) is 114 Å². The van der Waals surface area contributed by atoms with Crippen LogP contribution in [0, 0.1) is 25.7 Å². The molecule has 0 radical (unpaired) electrons. The molecule has 8 aliphatic rings. The molecular weight excluding hydrogens is 812 g/mol. The molecule has 2 saturated heterocycles. The van der Waals surface area contributed by atoms with E-state index >= 15 is 0 Å². The molecular formula is C44H54N2O16. The van der Waals surface area contributed by atoms with Crippen LogP contribution in [0.3, 0.4) is 0 Å². The van der Waals surface area contributed by atoms with Gasteiger partial charge in [-0.15, -0.1) is 0 Å². The lowest BCUT2D eigenvalue weighted by Gasteiger charge is -2.57. The molecule has 4 heterocycles. The zero-order valence-corrected chi connectivity index (χ0v) is 34.9. The van der Waals surface area contributed by atoms with E-state index in [-0.39, 0.29) is 23.0 Å². The van der Waals surface area contributed by atoms with Gasteiger partial charge in [0, 0.05) is 46.9 Å². The van der Waals surface area contributed by atoms with E-state index in [1.807, 2.05) is 0 Å². The first-order valence-corrected chi connectivity index (χ1v) is 20.9. The van der Waals surface area contributed by atoms with Crippen LogP contribution in [-0.4, -0.2) is 162 Å². The summed E-state index contributed by atoms with van der Waals surface area (Å²) in [6.07, 6.45) is -1.61. The fourth-order valence-electron chi connectivity index (χ4n) is 11.9. The van der Waals surface area contributed by atoms with Crippen LogP contribution in [0.4, 0.5) is 0 Å². The van der Waals surface area contributed by atoms with Crippen molar-refractivity contribution in [3.8, 4) is 11.5 Å². The number of ether oxygens (including phenoxy) is 2. The molecule has 4 fully saturated rings. The first kappa shape index (κ1) is 45.1. The monoisotopic (exact) mass is 866 g/mol. The number of carbonyl (C=O) groups excluding carboxylic acids is 2. The minimum absolute atomic E-state index is 0.0125. The van der Waals surface area contributed by atoms with Crippen molar-refractivity contribution in [1.29, 1.82) is 0 Å². The van der Waals surface area contributed by atoms with E-state index in [2.05, 4.69) is 62.0 Å². The maximum absolute atomic E-state index is 12.6. The van der Waals surface area contributed by atoms with Gasteiger partial charge in [0.15, 0.2) is 48.2 Å². The Bertz CT molecular complexity index is 2010. The van der Waals surface area contributed by atoms with E-state index in [1.54, 1.807) is 0 Å². The molecule has 62 heavy (non-hydrogen) atoms. The van der Waals surface area contributed by atoms with Gasteiger partial charge in [-0.1, -0.05) is 24.3 Å². The van der Waals surface area contributed by atoms with Crippen molar-refractivity contribution in [2.75, 3.05) is 27.2 Å². The van der Waals surface area contributed by atoms with E-state index in [1.165, 1.54) is 33.4 Å². The Morgan fingerprint density at radius 1 is 0.597 bits per heavy atom. The van der Waals surface area contributed by atoms with Crippen LogP contribution in [0.5, 0.6) is 11.5 Å². The number of aliphatic carboxylic acids is 4. The molecule has 4 aliphatic heterocycles. The first-order valence-electron chi connectivity index (χ1n) is 20.9. The Kier molecular flexibility index (Phi) is 12.1. The molecule has 8 N–H and O–H groups in total. The molecule has 2 spiro atoms. The van der Waals surface area contributed by atoms with Gasteiger partial charge in [-0.2, -0.15) is 0 Å². The predicted octanol–water partition coefficient (Wildman–Crippen LogP) is 0.221. The predicted molar refractivity (Wildman–Crippen MR) is 214 cm³/mol.